The topological polar surface area (TPSA) is 80.3 Å². The SMILES string of the molecule is CCCCCNC(=O)c1ccnc(C(=O)NCc2ccccc2OC)c1. The molecule has 0 fully saturated rings. The highest BCUT2D eigenvalue weighted by molar-refractivity contribution is 5.98. The van der Waals surface area contributed by atoms with E-state index < -0.39 is 0 Å². The van der Waals surface area contributed by atoms with E-state index in [0.717, 1.165) is 24.8 Å². The van der Waals surface area contributed by atoms with E-state index in [1.807, 2.05) is 24.3 Å². The average molecular weight is 355 g/mol. The van der Waals surface area contributed by atoms with E-state index in [4.69, 9.17) is 4.74 Å². The Labute approximate surface area is 154 Å². The normalized spacial score (nSPS) is 10.2. The molecule has 1 heterocycles. The number of carbonyl (C=O) groups is 2. The molecule has 26 heavy (non-hydrogen) atoms. The van der Waals surface area contributed by atoms with E-state index in [-0.39, 0.29) is 17.5 Å². The van der Waals surface area contributed by atoms with Crippen LogP contribution in [0.3, 0.4) is 0 Å². The van der Waals surface area contributed by atoms with Crippen molar-refractivity contribution in [2.45, 2.75) is 32.7 Å². The van der Waals surface area contributed by atoms with E-state index >= 15 is 0 Å². The number of nitrogens with zero attached hydrogens (tertiary/aromatic N) is 1. The number of amides is 2. The molecule has 0 aliphatic heterocycles. The van der Waals surface area contributed by atoms with Gasteiger partial charge in [-0.25, -0.2) is 0 Å². The van der Waals surface area contributed by atoms with Crippen molar-refractivity contribution in [2.24, 2.45) is 0 Å². The molecule has 0 saturated heterocycles. The van der Waals surface area contributed by atoms with Gasteiger partial charge in [0.15, 0.2) is 0 Å². The van der Waals surface area contributed by atoms with E-state index in [9.17, 15) is 9.59 Å². The van der Waals surface area contributed by atoms with Crippen LogP contribution in [-0.4, -0.2) is 30.5 Å². The molecule has 2 rings (SSSR count). The Morgan fingerprint density at radius 3 is 2.65 bits per heavy atom. The molecule has 2 N–H and O–H groups in total. The molecule has 0 bridgehead atoms. The second-order valence-electron chi connectivity index (χ2n) is 5.89. The number of methoxy groups -OCH3 is 1. The molecular weight excluding hydrogens is 330 g/mol. The first kappa shape index (κ1) is 19.4. The number of para-hydroxylation sites is 1. The number of aromatic nitrogens is 1. The second-order valence-corrected chi connectivity index (χ2v) is 5.89. The summed E-state index contributed by atoms with van der Waals surface area (Å²) in [6, 6.07) is 10.6. The zero-order chi connectivity index (χ0) is 18.8. The number of pyridine rings is 1. The molecule has 0 atom stereocenters. The Balaban J connectivity index is 1.96. The highest BCUT2D eigenvalue weighted by Gasteiger charge is 2.12. The zero-order valence-electron chi connectivity index (χ0n) is 15.2. The molecule has 0 aliphatic carbocycles. The summed E-state index contributed by atoms with van der Waals surface area (Å²) in [6.45, 7) is 3.06. The number of carbonyl (C=O) groups excluding carboxylic acids is 2. The molecule has 1 aromatic carbocycles. The molecule has 2 aromatic rings. The lowest BCUT2D eigenvalue weighted by Crippen LogP contribution is -2.27. The zero-order valence-corrected chi connectivity index (χ0v) is 15.2. The lowest BCUT2D eigenvalue weighted by atomic mass is 10.2. The first-order valence-corrected chi connectivity index (χ1v) is 8.80. The number of ether oxygens (including phenoxy) is 1. The smallest absolute Gasteiger partial charge is 0.270 e. The third-order valence-corrected chi connectivity index (χ3v) is 3.95. The third-order valence-electron chi connectivity index (χ3n) is 3.95. The summed E-state index contributed by atoms with van der Waals surface area (Å²) in [5.74, 6) is 0.180. The Morgan fingerprint density at radius 2 is 1.88 bits per heavy atom. The van der Waals surface area contributed by atoms with E-state index in [1.54, 1.807) is 13.2 Å². The van der Waals surface area contributed by atoms with Crippen LogP contribution in [0.25, 0.3) is 0 Å². The predicted octanol–water partition coefficient (Wildman–Crippen LogP) is 2.94. The minimum absolute atomic E-state index is 0.192. The van der Waals surface area contributed by atoms with Crippen LogP contribution >= 0.6 is 0 Å². The number of hydrogen-bond acceptors (Lipinski definition) is 4. The molecule has 0 unspecified atom stereocenters. The Kier molecular flexibility index (Phi) is 7.61. The molecule has 0 spiro atoms. The summed E-state index contributed by atoms with van der Waals surface area (Å²) in [5, 5.41) is 5.66. The molecule has 6 nitrogen and oxygen atoms in total. The summed E-state index contributed by atoms with van der Waals surface area (Å²) in [6.07, 6.45) is 4.59. The highest BCUT2D eigenvalue weighted by atomic mass is 16.5. The summed E-state index contributed by atoms with van der Waals surface area (Å²) < 4.78 is 5.27. The number of rotatable bonds is 9. The maximum Gasteiger partial charge on any atom is 0.270 e. The fourth-order valence-electron chi connectivity index (χ4n) is 2.49. The maximum atomic E-state index is 12.3. The molecule has 138 valence electrons. The number of benzene rings is 1. The largest absolute Gasteiger partial charge is 0.496 e. The van der Waals surface area contributed by atoms with Crippen LogP contribution in [0.5, 0.6) is 5.75 Å². The van der Waals surface area contributed by atoms with Crippen molar-refractivity contribution in [3.05, 3.63) is 59.4 Å². The van der Waals surface area contributed by atoms with Crippen molar-refractivity contribution >= 4 is 11.8 Å². The van der Waals surface area contributed by atoms with Gasteiger partial charge < -0.3 is 15.4 Å². The maximum absolute atomic E-state index is 12.3. The van der Waals surface area contributed by atoms with Crippen LogP contribution < -0.4 is 15.4 Å². The van der Waals surface area contributed by atoms with Gasteiger partial charge in [-0.15, -0.1) is 0 Å². The number of hydrogen-bond donors (Lipinski definition) is 2. The second kappa shape index (κ2) is 10.2. The minimum Gasteiger partial charge on any atom is -0.496 e. The van der Waals surface area contributed by atoms with Gasteiger partial charge in [0.25, 0.3) is 11.8 Å². The van der Waals surface area contributed by atoms with Gasteiger partial charge in [0.1, 0.15) is 11.4 Å². The van der Waals surface area contributed by atoms with Crippen molar-refractivity contribution < 1.29 is 14.3 Å². The predicted molar refractivity (Wildman–Crippen MR) is 100 cm³/mol. The summed E-state index contributed by atoms with van der Waals surface area (Å²) in [7, 11) is 1.59. The van der Waals surface area contributed by atoms with Gasteiger partial charge in [-0.2, -0.15) is 0 Å². The lowest BCUT2D eigenvalue weighted by Gasteiger charge is -2.10. The van der Waals surface area contributed by atoms with E-state index in [1.165, 1.54) is 12.3 Å². The fraction of sp³-hybridized carbons (Fsp3) is 0.350. The van der Waals surface area contributed by atoms with Crippen LogP contribution in [-0.2, 0) is 6.54 Å². The molecular formula is C20H25N3O3. The fourth-order valence-corrected chi connectivity index (χ4v) is 2.49. The molecule has 0 radical (unpaired) electrons. The molecule has 1 aromatic heterocycles. The van der Waals surface area contributed by atoms with Crippen molar-refractivity contribution in [1.29, 1.82) is 0 Å². The van der Waals surface area contributed by atoms with Gasteiger partial charge in [-0.1, -0.05) is 38.0 Å². The molecule has 0 aliphatic rings. The van der Waals surface area contributed by atoms with Crippen LogP contribution in [0.4, 0.5) is 0 Å². The summed E-state index contributed by atoms with van der Waals surface area (Å²) in [5.41, 5.74) is 1.51. The van der Waals surface area contributed by atoms with Gasteiger partial charge in [-0.05, 0) is 24.6 Å². The van der Waals surface area contributed by atoms with Gasteiger partial charge in [0.05, 0.1) is 7.11 Å². The van der Waals surface area contributed by atoms with Gasteiger partial charge in [0.2, 0.25) is 0 Å². The monoisotopic (exact) mass is 355 g/mol. The Hall–Kier alpha value is -2.89. The van der Waals surface area contributed by atoms with Crippen LogP contribution in [0.15, 0.2) is 42.6 Å². The lowest BCUT2D eigenvalue weighted by molar-refractivity contribution is 0.0945. The number of unbranched alkanes of at least 4 members (excludes halogenated alkanes) is 2. The highest BCUT2D eigenvalue weighted by Crippen LogP contribution is 2.16. The molecule has 2 amide bonds. The molecule has 6 heteroatoms. The Morgan fingerprint density at radius 1 is 1.08 bits per heavy atom. The van der Waals surface area contributed by atoms with Gasteiger partial charge in [-0.3, -0.25) is 14.6 Å². The number of nitrogens with one attached hydrogen (secondary N) is 2. The first-order chi connectivity index (χ1) is 12.7. The first-order valence-electron chi connectivity index (χ1n) is 8.80. The summed E-state index contributed by atoms with van der Waals surface area (Å²) >= 11 is 0. The minimum atomic E-state index is -0.337. The van der Waals surface area contributed by atoms with Crippen molar-refractivity contribution in [1.82, 2.24) is 15.6 Å². The summed E-state index contributed by atoms with van der Waals surface area (Å²) in [4.78, 5) is 28.6. The van der Waals surface area contributed by atoms with E-state index in [2.05, 4.69) is 22.5 Å². The van der Waals surface area contributed by atoms with Crippen LogP contribution in [0.1, 0.15) is 52.6 Å². The van der Waals surface area contributed by atoms with Crippen molar-refractivity contribution in [3.8, 4) is 5.75 Å². The van der Waals surface area contributed by atoms with Crippen LogP contribution in [0.2, 0.25) is 0 Å². The van der Waals surface area contributed by atoms with E-state index in [0.29, 0.717) is 24.4 Å². The van der Waals surface area contributed by atoms with Crippen molar-refractivity contribution in [2.75, 3.05) is 13.7 Å². The quantitative estimate of drug-likeness (QED) is 0.678. The van der Waals surface area contributed by atoms with Crippen molar-refractivity contribution in [3.63, 3.8) is 0 Å². The van der Waals surface area contributed by atoms with Gasteiger partial charge in [0, 0.05) is 30.4 Å². The Bertz CT molecular complexity index is 747. The molecule has 0 saturated carbocycles. The third kappa shape index (κ3) is 5.58. The average Bonchev–Trinajstić information content (AvgIpc) is 2.69. The standard InChI is InChI=1S/C20H25N3O3/c1-3-4-7-11-22-19(24)15-10-12-21-17(13-15)20(25)23-14-16-8-5-6-9-18(16)26-2/h5-6,8-10,12-13H,3-4,7,11,14H2,1-2H3,(H,22,24)(H,23,25). The van der Waals surface area contributed by atoms with Gasteiger partial charge >= 0.3 is 0 Å². The van der Waals surface area contributed by atoms with Crippen LogP contribution in [0, 0.1) is 0 Å².